The molecule has 0 saturated heterocycles. The van der Waals surface area contributed by atoms with Crippen molar-refractivity contribution < 1.29 is 13.5 Å². The minimum Gasteiger partial charge on any atom is -0.328 e. The van der Waals surface area contributed by atoms with Gasteiger partial charge in [0.1, 0.15) is 0 Å². The van der Waals surface area contributed by atoms with E-state index in [0.29, 0.717) is 17.6 Å². The number of rotatable bonds is 30. The molecule has 6 heteroatoms. The molecule has 0 heterocycles. The van der Waals surface area contributed by atoms with E-state index < -0.39 is 8.60 Å². The molecule has 34 heavy (non-hydrogen) atoms. The van der Waals surface area contributed by atoms with Gasteiger partial charge in [-0.25, -0.2) is 0 Å². The molecule has 0 aromatic heterocycles. The molecule has 0 aliphatic carbocycles. The number of hydrogen-bond donors (Lipinski definition) is 1. The predicted octanol–water partition coefficient (Wildman–Crippen LogP) is 11.8. The molecule has 2 unspecified atom stereocenters. The van der Waals surface area contributed by atoms with Crippen molar-refractivity contribution >= 4 is 26.2 Å². The molecule has 0 fully saturated rings. The molecule has 0 radical (unpaired) electrons. The first-order valence-corrected chi connectivity index (χ1v) is 18.5. The van der Waals surface area contributed by atoms with Gasteiger partial charge in [0.15, 0.2) is 0 Å². The molecule has 0 aromatic carbocycles. The van der Waals surface area contributed by atoms with E-state index in [2.05, 4.69) is 13.8 Å². The normalized spacial score (nSPS) is 13.1. The van der Waals surface area contributed by atoms with Crippen molar-refractivity contribution in [3.8, 4) is 0 Å². The summed E-state index contributed by atoms with van der Waals surface area (Å²) in [6, 6.07) is 0. The largest absolute Gasteiger partial charge is 0.336 e. The van der Waals surface area contributed by atoms with Crippen LogP contribution in [0.2, 0.25) is 0 Å². The molecule has 0 amide bonds. The molecular formula is C28H61O3P3. The van der Waals surface area contributed by atoms with E-state index in [1.165, 1.54) is 154 Å². The van der Waals surface area contributed by atoms with Crippen molar-refractivity contribution in [1.82, 2.24) is 0 Å². The summed E-state index contributed by atoms with van der Waals surface area (Å²) in [6.07, 6.45) is 35.3. The molecule has 0 saturated carbocycles. The van der Waals surface area contributed by atoms with Crippen LogP contribution in [0.25, 0.3) is 0 Å². The van der Waals surface area contributed by atoms with E-state index >= 15 is 0 Å². The molecule has 0 bridgehead atoms. The van der Waals surface area contributed by atoms with Crippen LogP contribution in [0, 0.1) is 0 Å². The van der Waals surface area contributed by atoms with E-state index in [0.717, 1.165) is 12.3 Å². The van der Waals surface area contributed by atoms with Gasteiger partial charge < -0.3 is 4.89 Å². The van der Waals surface area contributed by atoms with Crippen molar-refractivity contribution in [1.29, 1.82) is 0 Å². The van der Waals surface area contributed by atoms with Gasteiger partial charge in [-0.3, -0.25) is 8.62 Å². The summed E-state index contributed by atoms with van der Waals surface area (Å²) in [5.41, 5.74) is 0. The van der Waals surface area contributed by atoms with Gasteiger partial charge in [0.2, 0.25) is 0 Å². The minimum atomic E-state index is -1.64. The maximum Gasteiger partial charge on any atom is 0.336 e. The average molecular weight is 539 g/mol. The Hall–Kier alpha value is 1.17. The second-order valence-electron chi connectivity index (χ2n) is 9.99. The fourth-order valence-electron chi connectivity index (χ4n) is 4.30. The van der Waals surface area contributed by atoms with Gasteiger partial charge in [-0.1, -0.05) is 155 Å². The van der Waals surface area contributed by atoms with Gasteiger partial charge in [0.25, 0.3) is 0 Å². The first kappa shape index (κ1) is 35.2. The standard InChI is InChI=1S/C28H61O3P3/c1-3-5-7-9-11-13-15-17-19-21-23-25-27-32-30-34(29)31-33-28-26-24-22-20-18-16-14-12-10-8-6-4-2/h29,32-33H,3-28H2,1-2H3. The Balaban J connectivity index is 3.13. The Morgan fingerprint density at radius 2 is 0.647 bits per heavy atom. The average Bonchev–Trinajstić information content (AvgIpc) is 2.84. The van der Waals surface area contributed by atoms with Gasteiger partial charge in [-0.2, -0.15) is 0 Å². The summed E-state index contributed by atoms with van der Waals surface area (Å²) in [5, 5.41) is 0. The highest BCUT2D eigenvalue weighted by Gasteiger charge is 2.06. The Morgan fingerprint density at radius 1 is 0.412 bits per heavy atom. The van der Waals surface area contributed by atoms with Gasteiger partial charge in [0.05, 0.1) is 0 Å². The molecule has 0 spiro atoms. The lowest BCUT2D eigenvalue weighted by Gasteiger charge is -2.10. The lowest BCUT2D eigenvalue weighted by atomic mass is 10.1. The Kier molecular flexibility index (Phi) is 33.3. The molecule has 206 valence electrons. The molecule has 0 rings (SSSR count). The lowest BCUT2D eigenvalue weighted by molar-refractivity contribution is 0.420. The van der Waals surface area contributed by atoms with Crippen molar-refractivity contribution in [2.24, 2.45) is 0 Å². The third kappa shape index (κ3) is 31.2. The number of hydrogen-bond acceptors (Lipinski definition) is 3. The van der Waals surface area contributed by atoms with Crippen LogP contribution < -0.4 is 0 Å². The predicted molar refractivity (Wildman–Crippen MR) is 160 cm³/mol. The quantitative estimate of drug-likeness (QED) is 0.0730. The summed E-state index contributed by atoms with van der Waals surface area (Å²) in [5.74, 6) is 0. The van der Waals surface area contributed by atoms with Crippen LogP contribution in [-0.2, 0) is 8.62 Å². The first-order valence-electron chi connectivity index (χ1n) is 15.1. The van der Waals surface area contributed by atoms with Gasteiger partial charge in [-0.15, -0.1) is 0 Å². The Bertz CT molecular complexity index is 330. The maximum absolute atomic E-state index is 9.87. The molecule has 0 aliphatic rings. The van der Waals surface area contributed by atoms with Crippen LogP contribution in [0.5, 0.6) is 0 Å². The van der Waals surface area contributed by atoms with Crippen LogP contribution >= 0.6 is 26.2 Å². The molecule has 1 N–H and O–H groups in total. The molecular weight excluding hydrogens is 477 g/mol. The van der Waals surface area contributed by atoms with Crippen LogP contribution in [0.3, 0.4) is 0 Å². The fourth-order valence-corrected chi connectivity index (χ4v) is 7.18. The smallest absolute Gasteiger partial charge is 0.328 e. The van der Waals surface area contributed by atoms with Crippen LogP contribution in [0.1, 0.15) is 168 Å². The number of unbranched alkanes of at least 4 members (excludes halogenated alkanes) is 22. The fraction of sp³-hybridized carbons (Fsp3) is 1.00. The third-order valence-electron chi connectivity index (χ3n) is 6.55. The zero-order valence-corrected chi connectivity index (χ0v) is 26.0. The van der Waals surface area contributed by atoms with Crippen LogP contribution in [0.4, 0.5) is 0 Å². The summed E-state index contributed by atoms with van der Waals surface area (Å²) < 4.78 is 11.0. The first-order chi connectivity index (χ1) is 16.8. The second kappa shape index (κ2) is 32.2. The van der Waals surface area contributed by atoms with Crippen molar-refractivity contribution in [3.05, 3.63) is 0 Å². The van der Waals surface area contributed by atoms with Crippen molar-refractivity contribution in [3.63, 3.8) is 0 Å². The summed E-state index contributed by atoms with van der Waals surface area (Å²) in [4.78, 5) is 9.87. The SMILES string of the molecule is CCCCCCCCCCCCCCPOP(O)OPCCCCCCCCCCCCCC. The van der Waals surface area contributed by atoms with E-state index in [1.54, 1.807) is 0 Å². The van der Waals surface area contributed by atoms with E-state index in [1.807, 2.05) is 0 Å². The minimum absolute atomic E-state index is 0.393. The summed E-state index contributed by atoms with van der Waals surface area (Å²) in [6.45, 7) is 4.57. The summed E-state index contributed by atoms with van der Waals surface area (Å²) >= 11 is 0. The van der Waals surface area contributed by atoms with Crippen molar-refractivity contribution in [2.45, 2.75) is 168 Å². The highest BCUT2D eigenvalue weighted by Crippen LogP contribution is 2.46. The summed E-state index contributed by atoms with van der Waals surface area (Å²) in [7, 11) is -0.850. The lowest BCUT2D eigenvalue weighted by Crippen LogP contribution is -1.85. The highest BCUT2D eigenvalue weighted by molar-refractivity contribution is 7.56. The van der Waals surface area contributed by atoms with Crippen LogP contribution in [0.15, 0.2) is 0 Å². The van der Waals surface area contributed by atoms with E-state index in [9.17, 15) is 4.89 Å². The zero-order chi connectivity index (χ0) is 24.8. The zero-order valence-electron chi connectivity index (χ0n) is 23.1. The maximum atomic E-state index is 9.87. The molecule has 0 aromatic rings. The Labute approximate surface area is 219 Å². The van der Waals surface area contributed by atoms with E-state index in [4.69, 9.17) is 8.62 Å². The third-order valence-corrected chi connectivity index (χ3v) is 9.95. The molecule has 0 aliphatic heterocycles. The van der Waals surface area contributed by atoms with E-state index in [-0.39, 0.29) is 0 Å². The topological polar surface area (TPSA) is 38.7 Å². The van der Waals surface area contributed by atoms with Gasteiger partial charge >= 0.3 is 8.60 Å². The second-order valence-corrected chi connectivity index (χ2v) is 13.5. The molecule has 2 atom stereocenters. The highest BCUT2D eigenvalue weighted by atomic mass is 31.2. The molecule has 3 nitrogen and oxygen atoms in total. The van der Waals surface area contributed by atoms with Gasteiger partial charge in [-0.05, 0) is 25.2 Å². The Morgan fingerprint density at radius 3 is 0.912 bits per heavy atom. The van der Waals surface area contributed by atoms with Crippen LogP contribution in [-0.4, -0.2) is 17.2 Å². The monoisotopic (exact) mass is 538 g/mol. The van der Waals surface area contributed by atoms with Gasteiger partial charge in [0, 0.05) is 17.6 Å². The van der Waals surface area contributed by atoms with Crippen molar-refractivity contribution in [2.75, 3.05) is 12.3 Å².